The smallest absolute Gasteiger partial charge is 0.274 e. The van der Waals surface area contributed by atoms with Crippen molar-refractivity contribution in [2.45, 2.75) is 33.6 Å². The molecule has 1 amide bonds. The molecule has 0 bridgehead atoms. The van der Waals surface area contributed by atoms with Gasteiger partial charge in [-0.15, -0.1) is 0 Å². The molecule has 0 aromatic carbocycles. The SMILES string of the molecule is C=C(C)C1CC=C(C)/C(=N\NC(=O)c2ccoc2C)C1. The van der Waals surface area contributed by atoms with Crippen molar-refractivity contribution in [2.24, 2.45) is 11.0 Å². The van der Waals surface area contributed by atoms with Crippen LogP contribution in [0.15, 0.2) is 45.6 Å². The zero-order valence-corrected chi connectivity index (χ0v) is 12.2. The largest absolute Gasteiger partial charge is 0.469 e. The van der Waals surface area contributed by atoms with E-state index in [0.29, 0.717) is 17.2 Å². The quantitative estimate of drug-likeness (QED) is 0.675. The summed E-state index contributed by atoms with van der Waals surface area (Å²) in [6.07, 6.45) is 5.47. The lowest BCUT2D eigenvalue weighted by Gasteiger charge is -2.22. The van der Waals surface area contributed by atoms with E-state index < -0.39 is 0 Å². The Bertz CT molecular complexity index is 593. The highest BCUT2D eigenvalue weighted by Crippen LogP contribution is 2.26. The number of nitrogens with one attached hydrogen (secondary N) is 1. The molecule has 1 N–H and O–H groups in total. The van der Waals surface area contributed by atoms with Gasteiger partial charge in [0.25, 0.3) is 5.91 Å². The van der Waals surface area contributed by atoms with Crippen LogP contribution in [0.3, 0.4) is 0 Å². The fourth-order valence-corrected chi connectivity index (χ4v) is 2.22. The number of hydrogen-bond donors (Lipinski definition) is 1. The van der Waals surface area contributed by atoms with Crippen molar-refractivity contribution in [2.75, 3.05) is 0 Å². The van der Waals surface area contributed by atoms with Crippen molar-refractivity contribution in [1.82, 2.24) is 5.43 Å². The van der Waals surface area contributed by atoms with Crippen LogP contribution in [0, 0.1) is 12.8 Å². The van der Waals surface area contributed by atoms with Crippen LogP contribution in [0.25, 0.3) is 0 Å². The average Bonchev–Trinajstić information content (AvgIpc) is 2.83. The zero-order chi connectivity index (χ0) is 14.7. The number of aryl methyl sites for hydroxylation is 1. The molecule has 20 heavy (non-hydrogen) atoms. The van der Waals surface area contributed by atoms with Crippen LogP contribution in [-0.2, 0) is 0 Å². The van der Waals surface area contributed by atoms with Gasteiger partial charge in [-0.05, 0) is 51.2 Å². The zero-order valence-electron chi connectivity index (χ0n) is 12.2. The second kappa shape index (κ2) is 5.90. The maximum absolute atomic E-state index is 12.0. The predicted octanol–water partition coefficient (Wildman–Crippen LogP) is 3.61. The molecule has 0 saturated carbocycles. The molecule has 4 nitrogen and oxygen atoms in total. The summed E-state index contributed by atoms with van der Waals surface area (Å²) in [5, 5.41) is 4.26. The summed E-state index contributed by atoms with van der Waals surface area (Å²) in [5.74, 6) is 0.762. The molecule has 1 heterocycles. The molecule has 1 atom stereocenters. The topological polar surface area (TPSA) is 54.6 Å². The molecule has 0 spiro atoms. The van der Waals surface area contributed by atoms with E-state index >= 15 is 0 Å². The highest BCUT2D eigenvalue weighted by atomic mass is 16.3. The number of hydrogen-bond acceptors (Lipinski definition) is 3. The minimum Gasteiger partial charge on any atom is -0.469 e. The molecule has 1 aromatic heterocycles. The maximum atomic E-state index is 12.0. The Labute approximate surface area is 119 Å². The van der Waals surface area contributed by atoms with Crippen molar-refractivity contribution < 1.29 is 9.21 Å². The van der Waals surface area contributed by atoms with Gasteiger partial charge >= 0.3 is 0 Å². The Balaban J connectivity index is 2.09. The van der Waals surface area contributed by atoms with Crippen molar-refractivity contribution >= 4 is 11.6 Å². The number of rotatable bonds is 3. The van der Waals surface area contributed by atoms with E-state index in [1.54, 1.807) is 13.0 Å². The van der Waals surface area contributed by atoms with Crippen LogP contribution in [-0.4, -0.2) is 11.6 Å². The van der Waals surface area contributed by atoms with E-state index in [1.165, 1.54) is 6.26 Å². The van der Waals surface area contributed by atoms with Crippen LogP contribution >= 0.6 is 0 Å². The fourth-order valence-electron chi connectivity index (χ4n) is 2.22. The van der Waals surface area contributed by atoms with Gasteiger partial charge < -0.3 is 4.42 Å². The number of carbonyl (C=O) groups is 1. The predicted molar refractivity (Wildman–Crippen MR) is 79.6 cm³/mol. The summed E-state index contributed by atoms with van der Waals surface area (Å²) in [7, 11) is 0. The highest BCUT2D eigenvalue weighted by molar-refractivity contribution is 6.02. The van der Waals surface area contributed by atoms with Crippen LogP contribution in [0.1, 0.15) is 42.8 Å². The lowest BCUT2D eigenvalue weighted by Crippen LogP contribution is -2.23. The van der Waals surface area contributed by atoms with E-state index in [2.05, 4.69) is 23.2 Å². The second-order valence-corrected chi connectivity index (χ2v) is 5.26. The van der Waals surface area contributed by atoms with Gasteiger partial charge in [0, 0.05) is 0 Å². The molecule has 1 unspecified atom stereocenters. The van der Waals surface area contributed by atoms with Crippen molar-refractivity contribution in [3.8, 4) is 0 Å². The number of amides is 1. The molecule has 0 aliphatic heterocycles. The summed E-state index contributed by atoms with van der Waals surface area (Å²) >= 11 is 0. The van der Waals surface area contributed by atoms with E-state index in [-0.39, 0.29) is 5.91 Å². The molecular weight excluding hydrogens is 252 g/mol. The lowest BCUT2D eigenvalue weighted by atomic mass is 9.85. The van der Waals surface area contributed by atoms with E-state index in [1.807, 2.05) is 13.8 Å². The maximum Gasteiger partial charge on any atom is 0.274 e. The van der Waals surface area contributed by atoms with Gasteiger partial charge in [-0.3, -0.25) is 4.79 Å². The molecule has 0 fully saturated rings. The minimum absolute atomic E-state index is 0.242. The Kier molecular flexibility index (Phi) is 4.23. The molecule has 1 aliphatic carbocycles. The first-order chi connectivity index (χ1) is 9.49. The van der Waals surface area contributed by atoms with Crippen molar-refractivity contribution in [3.63, 3.8) is 0 Å². The van der Waals surface area contributed by atoms with Crippen LogP contribution < -0.4 is 5.43 Å². The highest BCUT2D eigenvalue weighted by Gasteiger charge is 2.19. The molecule has 0 radical (unpaired) electrons. The third-order valence-corrected chi connectivity index (χ3v) is 3.70. The number of hydrazone groups is 1. The van der Waals surface area contributed by atoms with Gasteiger partial charge in [0.05, 0.1) is 17.5 Å². The van der Waals surface area contributed by atoms with Gasteiger partial charge in [-0.25, -0.2) is 5.43 Å². The lowest BCUT2D eigenvalue weighted by molar-refractivity contribution is 0.0953. The molecular formula is C16H20N2O2. The number of nitrogens with zero attached hydrogens (tertiary/aromatic N) is 1. The third kappa shape index (κ3) is 3.07. The van der Waals surface area contributed by atoms with Crippen LogP contribution in [0.5, 0.6) is 0 Å². The number of furan rings is 1. The van der Waals surface area contributed by atoms with E-state index in [0.717, 1.165) is 29.7 Å². The van der Waals surface area contributed by atoms with Crippen molar-refractivity contribution in [3.05, 3.63) is 47.5 Å². The van der Waals surface area contributed by atoms with Gasteiger partial charge in [-0.2, -0.15) is 5.10 Å². The third-order valence-electron chi connectivity index (χ3n) is 3.70. The van der Waals surface area contributed by atoms with Crippen LogP contribution in [0.4, 0.5) is 0 Å². The Morgan fingerprint density at radius 3 is 2.85 bits per heavy atom. The average molecular weight is 272 g/mol. The summed E-state index contributed by atoms with van der Waals surface area (Å²) in [6.45, 7) is 9.81. The van der Waals surface area contributed by atoms with E-state index in [4.69, 9.17) is 4.42 Å². The monoisotopic (exact) mass is 272 g/mol. The van der Waals surface area contributed by atoms with Crippen LogP contribution in [0.2, 0.25) is 0 Å². The second-order valence-electron chi connectivity index (χ2n) is 5.26. The number of allylic oxidation sites excluding steroid dienone is 3. The van der Waals surface area contributed by atoms with Gasteiger partial charge in [0.2, 0.25) is 0 Å². The molecule has 2 rings (SSSR count). The summed E-state index contributed by atoms with van der Waals surface area (Å²) in [6, 6.07) is 1.64. The van der Waals surface area contributed by atoms with Gasteiger partial charge in [0.1, 0.15) is 5.76 Å². The molecule has 0 saturated heterocycles. The fraction of sp³-hybridized carbons (Fsp3) is 0.375. The normalized spacial score (nSPS) is 20.6. The first-order valence-corrected chi connectivity index (χ1v) is 6.72. The Morgan fingerprint density at radius 2 is 2.25 bits per heavy atom. The molecule has 1 aliphatic rings. The molecule has 4 heteroatoms. The molecule has 1 aromatic rings. The molecule has 106 valence electrons. The van der Waals surface area contributed by atoms with Gasteiger partial charge in [0.15, 0.2) is 0 Å². The first-order valence-electron chi connectivity index (χ1n) is 6.72. The summed E-state index contributed by atoms with van der Waals surface area (Å²) in [5.41, 5.74) is 6.31. The van der Waals surface area contributed by atoms with Gasteiger partial charge in [-0.1, -0.05) is 18.2 Å². The summed E-state index contributed by atoms with van der Waals surface area (Å²) in [4.78, 5) is 12.0. The standard InChI is InChI=1S/C16H20N2O2/c1-10(2)13-6-5-11(3)15(9-13)17-18-16(19)14-7-8-20-12(14)4/h5,7-8,13H,1,6,9H2,2-4H3,(H,18,19)/b17-15-. The summed E-state index contributed by atoms with van der Waals surface area (Å²) < 4.78 is 5.11. The first kappa shape index (κ1) is 14.3. The minimum atomic E-state index is -0.242. The Morgan fingerprint density at radius 1 is 1.50 bits per heavy atom. The number of carbonyl (C=O) groups excluding carboxylic acids is 1. The van der Waals surface area contributed by atoms with E-state index in [9.17, 15) is 4.79 Å². The Hall–Kier alpha value is -2.10. The van der Waals surface area contributed by atoms with Crippen molar-refractivity contribution in [1.29, 1.82) is 0 Å².